The molecule has 1 N–H and O–H groups in total. The van der Waals surface area contributed by atoms with E-state index in [9.17, 15) is 0 Å². The number of hydrogen-bond donors (Lipinski definition) is 1. The third kappa shape index (κ3) is 1.01. The van der Waals surface area contributed by atoms with Gasteiger partial charge >= 0.3 is 0 Å². The molecule has 1 aliphatic rings. The van der Waals surface area contributed by atoms with Crippen LogP contribution in [-0.4, -0.2) is 19.9 Å². The molecule has 2 heteroatoms. The Bertz CT molecular complexity index is 80.1. The van der Waals surface area contributed by atoms with Crippen molar-refractivity contribution < 1.29 is 4.74 Å². The molecule has 0 aromatic rings. The highest BCUT2D eigenvalue weighted by Crippen LogP contribution is 1.92. The van der Waals surface area contributed by atoms with Crippen LogP contribution in [0.5, 0.6) is 0 Å². The molecule has 1 heterocycles. The quantitative estimate of drug-likeness (QED) is 0.471. The second kappa shape index (κ2) is 2.09. The molecule has 1 unspecified atom stereocenters. The van der Waals surface area contributed by atoms with Crippen LogP contribution in [0.3, 0.4) is 0 Å². The van der Waals surface area contributed by atoms with Crippen LogP contribution in [-0.2, 0) is 4.74 Å². The minimum Gasteiger partial charge on any atom is -0.363 e. The molecule has 0 aliphatic carbocycles. The van der Waals surface area contributed by atoms with E-state index in [2.05, 4.69) is 5.32 Å². The van der Waals surface area contributed by atoms with E-state index in [-0.39, 0.29) is 6.23 Å². The summed E-state index contributed by atoms with van der Waals surface area (Å²) in [6.45, 7) is 0.943. The second-order valence-corrected chi connectivity index (χ2v) is 1.49. The fraction of sp³-hybridized carbons (Fsp3) is 0.600. The number of nitrogens with one attached hydrogen (secondary N) is 1. The first kappa shape index (κ1) is 4.81. The van der Waals surface area contributed by atoms with Gasteiger partial charge in [0.25, 0.3) is 0 Å². The molecule has 0 amide bonds. The Morgan fingerprint density at radius 2 is 2.71 bits per heavy atom. The Morgan fingerprint density at radius 1 is 1.86 bits per heavy atom. The van der Waals surface area contributed by atoms with Crippen molar-refractivity contribution in [1.29, 1.82) is 0 Å². The smallest absolute Gasteiger partial charge is 0.127 e. The van der Waals surface area contributed by atoms with Crippen molar-refractivity contribution in [3.8, 4) is 0 Å². The van der Waals surface area contributed by atoms with E-state index >= 15 is 0 Å². The fourth-order valence-electron chi connectivity index (χ4n) is 0.606. The highest BCUT2D eigenvalue weighted by Gasteiger charge is 2.02. The van der Waals surface area contributed by atoms with Crippen LogP contribution < -0.4 is 5.32 Å². The summed E-state index contributed by atoms with van der Waals surface area (Å²) < 4.78 is 4.91. The average Bonchev–Trinajstić information content (AvgIpc) is 2.14. The molecule has 0 radical (unpaired) electrons. The van der Waals surface area contributed by atoms with E-state index in [1.807, 2.05) is 12.2 Å². The van der Waals surface area contributed by atoms with E-state index in [0.29, 0.717) is 0 Å². The molecule has 0 fully saturated rings. The summed E-state index contributed by atoms with van der Waals surface area (Å²) >= 11 is 0. The van der Waals surface area contributed by atoms with Gasteiger partial charge in [0.1, 0.15) is 6.23 Å². The largest absolute Gasteiger partial charge is 0.363 e. The van der Waals surface area contributed by atoms with Crippen LogP contribution in [0.15, 0.2) is 12.2 Å². The summed E-state index contributed by atoms with van der Waals surface area (Å²) in [6.07, 6.45) is 4.22. The van der Waals surface area contributed by atoms with Gasteiger partial charge in [-0.3, -0.25) is 5.32 Å². The minimum atomic E-state index is 0.167. The lowest BCUT2D eigenvalue weighted by atomic mass is 10.5. The van der Waals surface area contributed by atoms with Crippen molar-refractivity contribution in [2.24, 2.45) is 0 Å². The number of ether oxygens (including phenoxy) is 1. The molecular formula is C5H9NO. The average molecular weight is 99.1 g/mol. The second-order valence-electron chi connectivity index (χ2n) is 1.49. The first-order chi connectivity index (χ1) is 3.43. The molecule has 7 heavy (non-hydrogen) atoms. The normalized spacial score (nSPS) is 29.0. The summed E-state index contributed by atoms with van der Waals surface area (Å²) in [5.74, 6) is 0. The lowest BCUT2D eigenvalue weighted by molar-refractivity contribution is 0.123. The molecule has 40 valence electrons. The van der Waals surface area contributed by atoms with E-state index < -0.39 is 0 Å². The molecule has 0 spiro atoms. The maximum atomic E-state index is 4.91. The zero-order valence-corrected chi connectivity index (χ0v) is 4.35. The van der Waals surface area contributed by atoms with Crippen LogP contribution in [0.4, 0.5) is 0 Å². The molecule has 0 bridgehead atoms. The first-order valence-corrected chi connectivity index (χ1v) is 2.36. The summed E-state index contributed by atoms with van der Waals surface area (Å²) in [5, 5.41) is 3.07. The van der Waals surface area contributed by atoms with Gasteiger partial charge in [0, 0.05) is 13.7 Å². The van der Waals surface area contributed by atoms with Gasteiger partial charge in [-0.1, -0.05) is 6.08 Å². The van der Waals surface area contributed by atoms with E-state index in [4.69, 9.17) is 4.74 Å². The van der Waals surface area contributed by atoms with Crippen LogP contribution in [0.2, 0.25) is 0 Å². The monoisotopic (exact) mass is 99.1 g/mol. The summed E-state index contributed by atoms with van der Waals surface area (Å²) in [7, 11) is 1.69. The fourth-order valence-corrected chi connectivity index (χ4v) is 0.606. The van der Waals surface area contributed by atoms with Gasteiger partial charge in [0.05, 0.1) is 0 Å². The lowest BCUT2D eigenvalue weighted by Gasteiger charge is -2.03. The summed E-state index contributed by atoms with van der Waals surface area (Å²) in [6, 6.07) is 0. The lowest BCUT2D eigenvalue weighted by Crippen LogP contribution is -2.23. The highest BCUT2D eigenvalue weighted by atomic mass is 16.5. The van der Waals surface area contributed by atoms with Crippen molar-refractivity contribution in [2.75, 3.05) is 13.7 Å². The standard InChI is InChI=1S/C5H9NO/c1-7-5-3-2-4-6-5/h2-3,5-6H,4H2,1H3. The van der Waals surface area contributed by atoms with E-state index in [1.54, 1.807) is 7.11 Å². The first-order valence-electron chi connectivity index (χ1n) is 2.36. The van der Waals surface area contributed by atoms with Crippen molar-refractivity contribution in [2.45, 2.75) is 6.23 Å². The maximum absolute atomic E-state index is 4.91. The molecule has 1 rings (SSSR count). The van der Waals surface area contributed by atoms with Crippen molar-refractivity contribution in [1.82, 2.24) is 5.32 Å². The Labute approximate surface area is 43.2 Å². The van der Waals surface area contributed by atoms with Crippen LogP contribution in [0.1, 0.15) is 0 Å². The van der Waals surface area contributed by atoms with E-state index in [0.717, 1.165) is 6.54 Å². The molecule has 1 atom stereocenters. The molecule has 1 aliphatic heterocycles. The van der Waals surface area contributed by atoms with Crippen molar-refractivity contribution in [3.05, 3.63) is 12.2 Å². The Balaban J connectivity index is 2.28. The molecule has 2 nitrogen and oxygen atoms in total. The molecular weight excluding hydrogens is 90.1 g/mol. The van der Waals surface area contributed by atoms with Gasteiger partial charge in [-0.25, -0.2) is 0 Å². The zero-order chi connectivity index (χ0) is 5.11. The molecule has 0 aromatic heterocycles. The molecule has 0 saturated heterocycles. The van der Waals surface area contributed by atoms with Gasteiger partial charge in [0.15, 0.2) is 0 Å². The highest BCUT2D eigenvalue weighted by molar-refractivity contribution is 4.97. The predicted octanol–water partition coefficient (Wildman–Crippen LogP) is 0.118. The summed E-state index contributed by atoms with van der Waals surface area (Å²) in [4.78, 5) is 0. The third-order valence-electron chi connectivity index (χ3n) is 1.00. The SMILES string of the molecule is COC1C=CCN1. The minimum absolute atomic E-state index is 0.167. The molecule has 0 aromatic carbocycles. The zero-order valence-electron chi connectivity index (χ0n) is 4.35. The molecule has 0 saturated carbocycles. The van der Waals surface area contributed by atoms with Gasteiger partial charge in [-0.15, -0.1) is 0 Å². The van der Waals surface area contributed by atoms with Crippen molar-refractivity contribution >= 4 is 0 Å². The number of methoxy groups -OCH3 is 1. The van der Waals surface area contributed by atoms with E-state index in [1.165, 1.54) is 0 Å². The Morgan fingerprint density at radius 3 is 3.00 bits per heavy atom. The van der Waals surface area contributed by atoms with Crippen LogP contribution >= 0.6 is 0 Å². The number of hydrogen-bond acceptors (Lipinski definition) is 2. The Hall–Kier alpha value is -0.340. The Kier molecular flexibility index (Phi) is 1.44. The number of rotatable bonds is 1. The van der Waals surface area contributed by atoms with Crippen LogP contribution in [0.25, 0.3) is 0 Å². The van der Waals surface area contributed by atoms with Crippen molar-refractivity contribution in [3.63, 3.8) is 0 Å². The summed E-state index contributed by atoms with van der Waals surface area (Å²) in [5.41, 5.74) is 0. The predicted molar refractivity (Wildman–Crippen MR) is 27.9 cm³/mol. The van der Waals surface area contributed by atoms with Gasteiger partial charge in [-0.05, 0) is 6.08 Å². The topological polar surface area (TPSA) is 21.3 Å². The van der Waals surface area contributed by atoms with Gasteiger partial charge in [0.2, 0.25) is 0 Å². The van der Waals surface area contributed by atoms with Gasteiger partial charge < -0.3 is 4.74 Å². The third-order valence-corrected chi connectivity index (χ3v) is 1.00. The maximum Gasteiger partial charge on any atom is 0.127 e. The van der Waals surface area contributed by atoms with Crippen LogP contribution in [0, 0.1) is 0 Å². The van der Waals surface area contributed by atoms with Gasteiger partial charge in [-0.2, -0.15) is 0 Å².